The first kappa shape index (κ1) is 78.1. The lowest BCUT2D eigenvalue weighted by atomic mass is 10.2. The number of ether oxygens (including phenoxy) is 9. The lowest BCUT2D eigenvalue weighted by Gasteiger charge is -2.19. The molecule has 0 aromatic rings. The molecule has 0 saturated carbocycles. The van der Waals surface area contributed by atoms with Gasteiger partial charge in [0, 0.05) is 43.9 Å². The van der Waals surface area contributed by atoms with E-state index < -0.39 is 0 Å². The molecule has 0 N–H and O–H groups in total. The van der Waals surface area contributed by atoms with Crippen LogP contribution < -0.4 is 0 Å². The smallest absolute Gasteiger partial charge is 0.121 e. The topological polar surface area (TPSA) is 83.1 Å². The van der Waals surface area contributed by atoms with Crippen molar-refractivity contribution in [1.29, 1.82) is 0 Å². The van der Waals surface area contributed by atoms with Crippen LogP contribution in [0, 0.1) is 24.7 Å². The first-order valence-corrected chi connectivity index (χ1v) is 24.8. The SMILES string of the molecule is C#CCCOC(C)(C)C.C#CCOC(C)(C)C.CC(C)(C)OCCCCl.CC(C)(C)OCCCCl.CC(C)(C)OCCCl.CC(C)(C)OCCl.CCCOCCOCCOC(C)(C)C. The number of halogens is 4. The van der Waals surface area contributed by atoms with E-state index >= 15 is 0 Å². The van der Waals surface area contributed by atoms with Crippen LogP contribution in [0.3, 0.4) is 0 Å². The standard InChI is InChI=1S/C11H24O3.C8H14O.2C7H15ClO.C7H12O.C6H13ClO.C5H11ClO/c1-5-6-12-7-8-13-9-10-14-11(2,3)4;1-5-6-7-9-8(2,3)4;2*1-7(2,3)9-6-4-5-8;1-5-6-8-7(2,3)4;1-6(2,3)8-5-4-7;1-5(2,3)7-4-6/h5-10H2,1-4H3;1H,6-7H2,2-4H3;2*4-6H2,1-3H3;1H,6H2,2-4H3;4-5H2,1-3H3;4H2,1-3H3. The van der Waals surface area contributed by atoms with Gasteiger partial charge < -0.3 is 42.6 Å². The van der Waals surface area contributed by atoms with Gasteiger partial charge in [0.25, 0.3) is 0 Å². The van der Waals surface area contributed by atoms with Crippen LogP contribution in [0.1, 0.15) is 178 Å². The number of hydrogen-bond acceptors (Lipinski definition) is 9. The van der Waals surface area contributed by atoms with Crippen LogP contribution in [0.4, 0.5) is 0 Å². The first-order chi connectivity index (χ1) is 28.9. The molecule has 0 aromatic carbocycles. The minimum Gasteiger partial charge on any atom is -0.379 e. The average molecular weight is 1000 g/mol. The van der Waals surface area contributed by atoms with E-state index in [9.17, 15) is 0 Å². The molecule has 64 heavy (non-hydrogen) atoms. The highest BCUT2D eigenvalue weighted by Gasteiger charge is 2.11. The molecule has 0 fully saturated rings. The summed E-state index contributed by atoms with van der Waals surface area (Å²) in [6, 6.07) is 0.281. The normalized spacial score (nSPS) is 11.7. The van der Waals surface area contributed by atoms with Gasteiger partial charge in [0.1, 0.15) is 12.7 Å². The number of alkyl halides is 4. The van der Waals surface area contributed by atoms with E-state index in [0.717, 1.165) is 39.1 Å². The van der Waals surface area contributed by atoms with E-state index in [4.69, 9.17) is 102 Å². The Bertz CT molecular complexity index is 980. The Kier molecular flexibility index (Phi) is 58.5. The van der Waals surface area contributed by atoms with Crippen molar-refractivity contribution in [1.82, 2.24) is 0 Å². The van der Waals surface area contributed by atoms with Crippen LogP contribution >= 0.6 is 46.4 Å². The number of terminal acetylenes is 2. The zero-order valence-corrected chi connectivity index (χ0v) is 48.6. The van der Waals surface area contributed by atoms with Gasteiger partial charge in [-0.1, -0.05) is 24.4 Å². The van der Waals surface area contributed by atoms with Gasteiger partial charge in [-0.3, -0.25) is 0 Å². The fraction of sp³-hybridized carbons (Fsp3) is 0.922. The molecule has 0 aliphatic carbocycles. The van der Waals surface area contributed by atoms with E-state index in [1.807, 2.05) is 145 Å². The van der Waals surface area contributed by atoms with Gasteiger partial charge in [0.2, 0.25) is 0 Å². The third-order valence-corrected chi connectivity index (χ3v) is 6.38. The van der Waals surface area contributed by atoms with Gasteiger partial charge >= 0.3 is 0 Å². The molecular formula is C51H104Cl4O9. The predicted octanol–water partition coefficient (Wildman–Crippen LogP) is 14.4. The molecule has 0 aromatic heterocycles. The Morgan fingerprint density at radius 3 is 0.891 bits per heavy atom. The Hall–Kier alpha value is -0.0800. The molecule has 9 nitrogen and oxygen atoms in total. The third kappa shape index (κ3) is 125. The Balaban J connectivity index is -0.000000120. The fourth-order valence-corrected chi connectivity index (χ4v) is 3.54. The van der Waals surface area contributed by atoms with Crippen LogP contribution in [-0.4, -0.2) is 129 Å². The van der Waals surface area contributed by atoms with E-state index in [1.54, 1.807) is 0 Å². The second-order valence-electron chi connectivity index (χ2n) is 20.7. The zero-order chi connectivity index (χ0) is 52.0. The molecule has 0 spiro atoms. The van der Waals surface area contributed by atoms with Crippen LogP contribution in [0.2, 0.25) is 0 Å². The summed E-state index contributed by atoms with van der Waals surface area (Å²) >= 11 is 21.5. The quantitative estimate of drug-likeness (QED) is 0.0673. The lowest BCUT2D eigenvalue weighted by molar-refractivity contribution is -0.0424. The Morgan fingerprint density at radius 1 is 0.344 bits per heavy atom. The summed E-state index contributed by atoms with van der Waals surface area (Å²) in [5.41, 5.74) is -0.333. The summed E-state index contributed by atoms with van der Waals surface area (Å²) in [4.78, 5) is 0. The van der Waals surface area contributed by atoms with Crippen molar-refractivity contribution in [2.24, 2.45) is 0 Å². The van der Waals surface area contributed by atoms with Crippen LogP contribution in [-0.2, 0) is 42.6 Å². The van der Waals surface area contributed by atoms with Crippen molar-refractivity contribution in [2.45, 2.75) is 217 Å². The second-order valence-corrected chi connectivity index (χ2v) is 22.1. The van der Waals surface area contributed by atoms with Crippen molar-refractivity contribution < 1.29 is 42.6 Å². The minimum absolute atomic E-state index is 0.00788. The van der Waals surface area contributed by atoms with E-state index in [2.05, 4.69) is 18.8 Å². The maximum atomic E-state index is 5.49. The molecule has 0 atom stereocenters. The van der Waals surface area contributed by atoms with Gasteiger partial charge in [0.15, 0.2) is 0 Å². The van der Waals surface area contributed by atoms with E-state index in [-0.39, 0.29) is 45.3 Å². The summed E-state index contributed by atoms with van der Waals surface area (Å²) in [5.74, 6) is 6.88. The molecule has 0 aliphatic heterocycles. The highest BCUT2D eigenvalue weighted by atomic mass is 35.5. The first-order valence-electron chi connectivity index (χ1n) is 22.7. The summed E-state index contributed by atoms with van der Waals surface area (Å²) in [6.45, 7) is 51.1. The van der Waals surface area contributed by atoms with Crippen molar-refractivity contribution >= 4 is 46.4 Å². The molecule has 0 amide bonds. The maximum Gasteiger partial charge on any atom is 0.121 e. The van der Waals surface area contributed by atoms with Crippen molar-refractivity contribution in [3.63, 3.8) is 0 Å². The maximum absolute atomic E-state index is 5.49. The monoisotopic (exact) mass is 1000 g/mol. The van der Waals surface area contributed by atoms with Gasteiger partial charge in [-0.15, -0.1) is 53.6 Å². The van der Waals surface area contributed by atoms with Crippen LogP contribution in [0.5, 0.6) is 0 Å². The van der Waals surface area contributed by atoms with E-state index in [1.165, 1.54) is 0 Å². The molecular weight excluding hydrogens is 898 g/mol. The molecule has 390 valence electrons. The lowest BCUT2D eigenvalue weighted by Crippen LogP contribution is -2.22. The number of hydrogen-bond donors (Lipinski definition) is 0. The molecule has 0 bridgehead atoms. The Labute approximate surface area is 418 Å². The number of rotatable bonds is 20. The zero-order valence-electron chi connectivity index (χ0n) is 45.6. The van der Waals surface area contributed by atoms with Crippen LogP contribution in [0.15, 0.2) is 0 Å². The largest absolute Gasteiger partial charge is 0.379 e. The second kappa shape index (κ2) is 48.0. The molecule has 0 radical (unpaired) electrons. The molecule has 13 heteroatoms. The molecule has 0 aliphatic rings. The van der Waals surface area contributed by atoms with E-state index in [0.29, 0.717) is 70.3 Å². The molecule has 0 rings (SSSR count). The summed E-state index contributed by atoms with van der Waals surface area (Å²) in [5, 5.41) is 0. The van der Waals surface area contributed by atoms with Crippen LogP contribution in [0.25, 0.3) is 0 Å². The minimum atomic E-state index is -0.0909. The summed E-state index contributed by atoms with van der Waals surface area (Å²) in [7, 11) is 0. The molecule has 0 saturated heterocycles. The van der Waals surface area contributed by atoms with Crippen molar-refractivity contribution in [3.8, 4) is 24.7 Å². The van der Waals surface area contributed by atoms with Gasteiger partial charge in [-0.05, 0) is 165 Å². The van der Waals surface area contributed by atoms with Crippen molar-refractivity contribution in [2.75, 3.05) is 89.8 Å². The van der Waals surface area contributed by atoms with Gasteiger partial charge in [-0.2, -0.15) is 0 Å². The summed E-state index contributed by atoms with van der Waals surface area (Å²) in [6.07, 6.45) is 13.6. The van der Waals surface area contributed by atoms with Gasteiger partial charge in [0.05, 0.1) is 78.8 Å². The highest BCUT2D eigenvalue weighted by Crippen LogP contribution is 2.10. The molecule has 0 heterocycles. The fourth-order valence-electron chi connectivity index (χ4n) is 2.92. The average Bonchev–Trinajstić information content (AvgIpc) is 3.10. The predicted molar refractivity (Wildman–Crippen MR) is 281 cm³/mol. The molecule has 0 unspecified atom stereocenters. The van der Waals surface area contributed by atoms with Gasteiger partial charge in [-0.25, -0.2) is 0 Å². The summed E-state index contributed by atoms with van der Waals surface area (Å²) < 4.78 is 47.6. The Morgan fingerprint density at radius 2 is 0.656 bits per heavy atom. The van der Waals surface area contributed by atoms with Crippen molar-refractivity contribution in [3.05, 3.63) is 0 Å². The highest BCUT2D eigenvalue weighted by molar-refractivity contribution is 6.18. The third-order valence-electron chi connectivity index (χ3n) is 5.58.